The largest absolute Gasteiger partial charge is 0.497 e. The smallest absolute Gasteiger partial charge is 0.254 e. The molecule has 1 fully saturated rings. The summed E-state index contributed by atoms with van der Waals surface area (Å²) in [6.45, 7) is 3.95. The minimum absolute atomic E-state index is 0.109. The maximum Gasteiger partial charge on any atom is 0.254 e. The molecule has 1 aliphatic heterocycles. The van der Waals surface area contributed by atoms with Crippen LogP contribution in [0.25, 0.3) is 0 Å². The lowest BCUT2D eigenvalue weighted by Gasteiger charge is -2.39. The van der Waals surface area contributed by atoms with Crippen molar-refractivity contribution in [3.63, 3.8) is 0 Å². The number of ether oxygens (including phenoxy) is 1. The fourth-order valence-electron chi connectivity index (χ4n) is 4.87. The molecule has 4 nitrogen and oxygen atoms in total. The number of rotatable bonds is 10. The second-order valence-corrected chi connectivity index (χ2v) is 9.13. The second-order valence-electron chi connectivity index (χ2n) is 9.13. The Morgan fingerprint density at radius 3 is 2.18 bits per heavy atom. The summed E-state index contributed by atoms with van der Waals surface area (Å²) >= 11 is 0. The summed E-state index contributed by atoms with van der Waals surface area (Å²) in [5.41, 5.74) is 3.38. The number of methoxy groups -OCH3 is 1. The number of likely N-dealkylation sites (tertiary alicyclic amines) is 1. The third-order valence-electron chi connectivity index (χ3n) is 6.84. The average molecular weight is 457 g/mol. The lowest BCUT2D eigenvalue weighted by molar-refractivity contribution is 0.0574. The van der Waals surface area contributed by atoms with E-state index in [2.05, 4.69) is 64.4 Å². The Morgan fingerprint density at radius 1 is 0.882 bits per heavy atom. The van der Waals surface area contributed by atoms with Crippen LogP contribution in [0.5, 0.6) is 5.75 Å². The molecule has 0 radical (unpaired) electrons. The SMILES string of the molecule is COc1cccc(C(=O)N(CCc2ccccc2)C2CCN(CCCc3ccccc3)CC2)c1. The van der Waals surface area contributed by atoms with Gasteiger partial charge < -0.3 is 14.5 Å². The molecule has 4 heteroatoms. The number of aryl methyl sites for hydroxylation is 1. The van der Waals surface area contributed by atoms with Gasteiger partial charge in [-0.2, -0.15) is 0 Å². The zero-order valence-corrected chi connectivity index (χ0v) is 20.2. The Kier molecular flexibility index (Phi) is 8.75. The van der Waals surface area contributed by atoms with Crippen LogP contribution in [0.2, 0.25) is 0 Å². The van der Waals surface area contributed by atoms with Crippen molar-refractivity contribution in [3.8, 4) is 5.75 Å². The van der Waals surface area contributed by atoms with Gasteiger partial charge in [0.2, 0.25) is 0 Å². The Balaban J connectivity index is 1.37. The van der Waals surface area contributed by atoms with Crippen molar-refractivity contribution in [1.29, 1.82) is 0 Å². The van der Waals surface area contributed by atoms with Crippen LogP contribution in [-0.2, 0) is 12.8 Å². The molecule has 0 aliphatic carbocycles. The summed E-state index contributed by atoms with van der Waals surface area (Å²) < 4.78 is 5.37. The van der Waals surface area contributed by atoms with Crippen LogP contribution >= 0.6 is 0 Å². The molecule has 0 unspecified atom stereocenters. The highest BCUT2D eigenvalue weighted by atomic mass is 16.5. The number of amides is 1. The fraction of sp³-hybridized carbons (Fsp3) is 0.367. The molecule has 0 bridgehead atoms. The topological polar surface area (TPSA) is 32.8 Å². The molecule has 0 atom stereocenters. The van der Waals surface area contributed by atoms with Gasteiger partial charge in [0.1, 0.15) is 5.75 Å². The zero-order valence-electron chi connectivity index (χ0n) is 20.2. The maximum atomic E-state index is 13.6. The standard InChI is InChI=1S/C30H36N2O2/c1-34-29-16-8-15-27(24-29)30(33)32(23-17-26-12-6-3-7-13-26)28-18-21-31(22-19-28)20-9-14-25-10-4-2-5-11-25/h2-8,10-13,15-16,24,28H,9,14,17-23H2,1H3. The van der Waals surface area contributed by atoms with E-state index in [4.69, 9.17) is 4.74 Å². The monoisotopic (exact) mass is 456 g/mol. The summed E-state index contributed by atoms with van der Waals surface area (Å²) in [7, 11) is 1.64. The minimum atomic E-state index is 0.109. The van der Waals surface area contributed by atoms with E-state index in [1.165, 1.54) is 17.5 Å². The van der Waals surface area contributed by atoms with Gasteiger partial charge in [-0.05, 0) is 68.0 Å². The lowest BCUT2D eigenvalue weighted by Crippen LogP contribution is -2.48. The predicted octanol–water partition coefficient (Wildman–Crippen LogP) is 5.48. The number of carbonyl (C=O) groups excluding carboxylic acids is 1. The average Bonchev–Trinajstić information content (AvgIpc) is 2.91. The predicted molar refractivity (Wildman–Crippen MR) is 138 cm³/mol. The molecule has 0 saturated carbocycles. The molecule has 178 valence electrons. The van der Waals surface area contributed by atoms with Crippen molar-refractivity contribution in [1.82, 2.24) is 9.80 Å². The van der Waals surface area contributed by atoms with Gasteiger partial charge in [0.25, 0.3) is 5.91 Å². The van der Waals surface area contributed by atoms with Gasteiger partial charge in [-0.3, -0.25) is 4.79 Å². The van der Waals surface area contributed by atoms with E-state index < -0.39 is 0 Å². The molecular formula is C30H36N2O2. The van der Waals surface area contributed by atoms with Crippen molar-refractivity contribution in [2.45, 2.75) is 38.1 Å². The number of hydrogen-bond acceptors (Lipinski definition) is 3. The molecule has 1 heterocycles. The highest BCUT2D eigenvalue weighted by molar-refractivity contribution is 5.94. The molecule has 3 aromatic rings. The van der Waals surface area contributed by atoms with Gasteiger partial charge >= 0.3 is 0 Å². The van der Waals surface area contributed by atoms with E-state index in [0.717, 1.165) is 57.6 Å². The van der Waals surface area contributed by atoms with Gasteiger partial charge in [0.05, 0.1) is 7.11 Å². The quantitative estimate of drug-likeness (QED) is 0.405. The molecule has 34 heavy (non-hydrogen) atoms. The van der Waals surface area contributed by atoms with E-state index in [0.29, 0.717) is 5.56 Å². The minimum Gasteiger partial charge on any atom is -0.497 e. The van der Waals surface area contributed by atoms with Crippen LogP contribution in [0.15, 0.2) is 84.9 Å². The van der Waals surface area contributed by atoms with Crippen molar-refractivity contribution < 1.29 is 9.53 Å². The number of hydrogen-bond donors (Lipinski definition) is 0. The first kappa shape index (κ1) is 24.0. The Bertz CT molecular complexity index is 1010. The normalized spacial score (nSPS) is 14.6. The Hall–Kier alpha value is -3.11. The zero-order chi connectivity index (χ0) is 23.6. The maximum absolute atomic E-state index is 13.6. The summed E-state index contributed by atoms with van der Waals surface area (Å²) in [6, 6.07) is 29.0. The molecule has 4 rings (SSSR count). The molecule has 0 aromatic heterocycles. The first-order valence-corrected chi connectivity index (χ1v) is 12.5. The van der Waals surface area contributed by atoms with E-state index in [-0.39, 0.29) is 11.9 Å². The summed E-state index contributed by atoms with van der Waals surface area (Å²) in [5, 5.41) is 0. The summed E-state index contributed by atoms with van der Waals surface area (Å²) in [4.78, 5) is 18.3. The van der Waals surface area contributed by atoms with Gasteiger partial charge in [-0.25, -0.2) is 0 Å². The van der Waals surface area contributed by atoms with E-state index in [1.54, 1.807) is 7.11 Å². The van der Waals surface area contributed by atoms with Crippen LogP contribution in [0.1, 0.15) is 40.7 Å². The van der Waals surface area contributed by atoms with Crippen molar-refractivity contribution >= 4 is 5.91 Å². The summed E-state index contributed by atoms with van der Waals surface area (Å²) in [5.74, 6) is 0.833. The van der Waals surface area contributed by atoms with Crippen molar-refractivity contribution in [2.75, 3.05) is 33.3 Å². The van der Waals surface area contributed by atoms with E-state index in [1.807, 2.05) is 30.3 Å². The van der Waals surface area contributed by atoms with Gasteiger partial charge in [0, 0.05) is 31.2 Å². The van der Waals surface area contributed by atoms with E-state index >= 15 is 0 Å². The molecule has 1 aliphatic rings. The molecular weight excluding hydrogens is 420 g/mol. The molecule has 0 spiro atoms. The fourth-order valence-corrected chi connectivity index (χ4v) is 4.87. The second kappa shape index (κ2) is 12.4. The number of piperidine rings is 1. The van der Waals surface area contributed by atoms with Gasteiger partial charge in [-0.1, -0.05) is 66.7 Å². The van der Waals surface area contributed by atoms with Crippen molar-refractivity contribution in [3.05, 3.63) is 102 Å². The Labute approximate surface area is 204 Å². The highest BCUT2D eigenvalue weighted by Gasteiger charge is 2.28. The molecule has 1 amide bonds. The molecule has 1 saturated heterocycles. The molecule has 0 N–H and O–H groups in total. The Morgan fingerprint density at radius 2 is 1.53 bits per heavy atom. The van der Waals surface area contributed by atoms with Crippen LogP contribution in [-0.4, -0.2) is 55.0 Å². The van der Waals surface area contributed by atoms with Gasteiger partial charge in [0.15, 0.2) is 0 Å². The van der Waals surface area contributed by atoms with Crippen LogP contribution < -0.4 is 4.74 Å². The lowest BCUT2D eigenvalue weighted by atomic mass is 10.00. The van der Waals surface area contributed by atoms with Crippen LogP contribution in [0.3, 0.4) is 0 Å². The third-order valence-corrected chi connectivity index (χ3v) is 6.84. The van der Waals surface area contributed by atoms with Crippen molar-refractivity contribution in [2.24, 2.45) is 0 Å². The third kappa shape index (κ3) is 6.71. The highest BCUT2D eigenvalue weighted by Crippen LogP contribution is 2.22. The number of benzene rings is 3. The van der Waals surface area contributed by atoms with Crippen LogP contribution in [0.4, 0.5) is 0 Å². The number of nitrogens with zero attached hydrogens (tertiary/aromatic N) is 2. The first-order chi connectivity index (χ1) is 16.7. The number of carbonyl (C=O) groups is 1. The summed E-state index contributed by atoms with van der Waals surface area (Å²) in [6.07, 6.45) is 5.22. The van der Waals surface area contributed by atoms with Gasteiger partial charge in [-0.15, -0.1) is 0 Å². The molecule has 3 aromatic carbocycles. The van der Waals surface area contributed by atoms with E-state index in [9.17, 15) is 4.79 Å². The first-order valence-electron chi connectivity index (χ1n) is 12.5. The van der Waals surface area contributed by atoms with Crippen LogP contribution in [0, 0.1) is 0 Å².